The number of hydrogen-bond acceptors (Lipinski definition) is 2. The molecule has 14 heavy (non-hydrogen) atoms. The summed E-state index contributed by atoms with van der Waals surface area (Å²) in [5, 5.41) is 0. The molecule has 0 heterocycles. The lowest BCUT2D eigenvalue weighted by molar-refractivity contribution is -0.145. The van der Waals surface area contributed by atoms with Crippen LogP contribution in [0.1, 0.15) is 46.5 Å². The molecule has 0 aromatic heterocycles. The Morgan fingerprint density at radius 2 is 1.43 bits per heavy atom. The van der Waals surface area contributed by atoms with Crippen molar-refractivity contribution in [2.45, 2.75) is 52.5 Å². The molecular formula is C11H19NO2. The van der Waals surface area contributed by atoms with Crippen molar-refractivity contribution >= 4 is 11.8 Å². The SMILES string of the molecule is CC(=O)N(C(C)=O)C1CCC(C)CC1. The Morgan fingerprint density at radius 3 is 1.79 bits per heavy atom. The van der Waals surface area contributed by atoms with Gasteiger partial charge in [-0.05, 0) is 31.6 Å². The van der Waals surface area contributed by atoms with Crippen molar-refractivity contribution in [1.82, 2.24) is 4.90 Å². The monoisotopic (exact) mass is 197 g/mol. The van der Waals surface area contributed by atoms with Crippen LogP contribution in [0.2, 0.25) is 0 Å². The second-order valence-electron chi connectivity index (χ2n) is 4.32. The van der Waals surface area contributed by atoms with Gasteiger partial charge < -0.3 is 0 Å². The van der Waals surface area contributed by atoms with Crippen LogP contribution in [0.5, 0.6) is 0 Å². The van der Waals surface area contributed by atoms with Crippen LogP contribution in [0.4, 0.5) is 0 Å². The van der Waals surface area contributed by atoms with E-state index in [1.807, 2.05) is 0 Å². The maximum Gasteiger partial charge on any atom is 0.226 e. The first-order chi connectivity index (χ1) is 6.52. The van der Waals surface area contributed by atoms with Gasteiger partial charge in [0.15, 0.2) is 0 Å². The fourth-order valence-electron chi connectivity index (χ4n) is 2.24. The van der Waals surface area contributed by atoms with Crippen LogP contribution >= 0.6 is 0 Å². The Morgan fingerprint density at radius 1 is 1.00 bits per heavy atom. The van der Waals surface area contributed by atoms with Gasteiger partial charge in [0.1, 0.15) is 0 Å². The Kier molecular flexibility index (Phi) is 3.67. The Labute approximate surface area is 85.5 Å². The van der Waals surface area contributed by atoms with E-state index < -0.39 is 0 Å². The smallest absolute Gasteiger partial charge is 0.226 e. The van der Waals surface area contributed by atoms with Crippen molar-refractivity contribution in [2.24, 2.45) is 5.92 Å². The summed E-state index contributed by atoms with van der Waals surface area (Å²) in [6.07, 6.45) is 4.20. The highest BCUT2D eigenvalue weighted by Gasteiger charge is 2.27. The number of nitrogens with zero attached hydrogens (tertiary/aromatic N) is 1. The van der Waals surface area contributed by atoms with Gasteiger partial charge in [0.2, 0.25) is 11.8 Å². The van der Waals surface area contributed by atoms with Gasteiger partial charge in [-0.2, -0.15) is 0 Å². The fourth-order valence-corrected chi connectivity index (χ4v) is 2.24. The molecule has 1 aliphatic carbocycles. The molecule has 0 aliphatic heterocycles. The van der Waals surface area contributed by atoms with E-state index in [9.17, 15) is 9.59 Å². The van der Waals surface area contributed by atoms with Crippen LogP contribution in [0.15, 0.2) is 0 Å². The summed E-state index contributed by atoms with van der Waals surface area (Å²) < 4.78 is 0. The Balaban J connectivity index is 2.61. The molecule has 0 bridgehead atoms. The van der Waals surface area contributed by atoms with Gasteiger partial charge in [-0.1, -0.05) is 6.92 Å². The number of hydrogen-bond donors (Lipinski definition) is 0. The lowest BCUT2D eigenvalue weighted by Crippen LogP contribution is -2.43. The van der Waals surface area contributed by atoms with Gasteiger partial charge in [-0.15, -0.1) is 0 Å². The third-order valence-corrected chi connectivity index (χ3v) is 3.03. The summed E-state index contributed by atoms with van der Waals surface area (Å²) >= 11 is 0. The summed E-state index contributed by atoms with van der Waals surface area (Å²) in [6, 6.07) is 0.154. The van der Waals surface area contributed by atoms with Crippen molar-refractivity contribution < 1.29 is 9.59 Å². The van der Waals surface area contributed by atoms with E-state index in [-0.39, 0.29) is 17.9 Å². The zero-order chi connectivity index (χ0) is 10.7. The minimum atomic E-state index is -0.114. The first-order valence-electron chi connectivity index (χ1n) is 5.32. The third-order valence-electron chi connectivity index (χ3n) is 3.03. The molecule has 2 amide bonds. The first-order valence-corrected chi connectivity index (χ1v) is 5.32. The average molecular weight is 197 g/mol. The van der Waals surface area contributed by atoms with Crippen molar-refractivity contribution in [3.63, 3.8) is 0 Å². The molecule has 0 radical (unpaired) electrons. The van der Waals surface area contributed by atoms with E-state index in [1.165, 1.54) is 18.7 Å². The number of imide groups is 1. The second-order valence-corrected chi connectivity index (χ2v) is 4.32. The van der Waals surface area contributed by atoms with Crippen molar-refractivity contribution in [2.75, 3.05) is 0 Å². The quantitative estimate of drug-likeness (QED) is 0.644. The van der Waals surface area contributed by atoms with Gasteiger partial charge in [-0.25, -0.2) is 0 Å². The molecule has 0 aromatic carbocycles. The highest BCUT2D eigenvalue weighted by Crippen LogP contribution is 2.27. The summed E-state index contributed by atoms with van der Waals surface area (Å²) in [4.78, 5) is 24.0. The molecular weight excluding hydrogens is 178 g/mol. The van der Waals surface area contributed by atoms with E-state index in [0.717, 1.165) is 31.6 Å². The molecule has 1 fully saturated rings. The summed E-state index contributed by atoms with van der Waals surface area (Å²) in [5.74, 6) is 0.515. The first kappa shape index (κ1) is 11.2. The van der Waals surface area contributed by atoms with Crippen molar-refractivity contribution in [3.05, 3.63) is 0 Å². The molecule has 0 unspecified atom stereocenters. The molecule has 1 saturated carbocycles. The van der Waals surface area contributed by atoms with E-state index in [2.05, 4.69) is 6.92 Å². The van der Waals surface area contributed by atoms with Crippen LogP contribution in [0, 0.1) is 5.92 Å². The van der Waals surface area contributed by atoms with Gasteiger partial charge in [0, 0.05) is 19.9 Å². The lowest BCUT2D eigenvalue weighted by atomic mass is 9.86. The fraction of sp³-hybridized carbons (Fsp3) is 0.818. The van der Waals surface area contributed by atoms with E-state index in [0.29, 0.717) is 0 Å². The third kappa shape index (κ3) is 2.56. The summed E-state index contributed by atoms with van der Waals surface area (Å²) in [5.41, 5.74) is 0. The Bertz CT molecular complexity index is 215. The number of amides is 2. The van der Waals surface area contributed by atoms with Crippen LogP contribution in [-0.2, 0) is 9.59 Å². The standard InChI is InChI=1S/C11H19NO2/c1-8-4-6-11(7-5-8)12(9(2)13)10(3)14/h8,11H,4-7H2,1-3H3. The van der Waals surface area contributed by atoms with Gasteiger partial charge in [-0.3, -0.25) is 14.5 Å². The minimum absolute atomic E-state index is 0.114. The van der Waals surface area contributed by atoms with Crippen molar-refractivity contribution in [1.29, 1.82) is 0 Å². The molecule has 0 aromatic rings. The van der Waals surface area contributed by atoms with Crippen molar-refractivity contribution in [3.8, 4) is 0 Å². The number of rotatable bonds is 1. The molecule has 0 atom stereocenters. The highest BCUT2D eigenvalue weighted by molar-refractivity contribution is 5.93. The van der Waals surface area contributed by atoms with E-state index >= 15 is 0 Å². The lowest BCUT2D eigenvalue weighted by Gasteiger charge is -2.33. The van der Waals surface area contributed by atoms with E-state index in [4.69, 9.17) is 0 Å². The van der Waals surface area contributed by atoms with Crippen LogP contribution in [-0.4, -0.2) is 22.8 Å². The normalized spacial score (nSPS) is 27.1. The molecule has 80 valence electrons. The predicted octanol–water partition coefficient (Wildman–Crippen LogP) is 1.96. The molecule has 0 saturated heterocycles. The molecule has 3 heteroatoms. The molecule has 0 N–H and O–H groups in total. The maximum atomic E-state index is 11.3. The van der Waals surface area contributed by atoms with Gasteiger partial charge >= 0.3 is 0 Å². The zero-order valence-corrected chi connectivity index (χ0v) is 9.25. The zero-order valence-electron chi connectivity index (χ0n) is 9.25. The minimum Gasteiger partial charge on any atom is -0.280 e. The number of carbonyl (C=O) groups excluding carboxylic acids is 2. The summed E-state index contributed by atoms with van der Waals surface area (Å²) in [6.45, 7) is 5.17. The predicted molar refractivity (Wildman–Crippen MR) is 54.6 cm³/mol. The van der Waals surface area contributed by atoms with Crippen LogP contribution in [0.3, 0.4) is 0 Å². The van der Waals surface area contributed by atoms with E-state index in [1.54, 1.807) is 0 Å². The Hall–Kier alpha value is -0.860. The maximum absolute atomic E-state index is 11.3. The van der Waals surface area contributed by atoms with Crippen LogP contribution in [0.25, 0.3) is 0 Å². The topological polar surface area (TPSA) is 37.4 Å². The highest BCUT2D eigenvalue weighted by atomic mass is 16.2. The number of carbonyl (C=O) groups is 2. The summed E-state index contributed by atoms with van der Waals surface area (Å²) in [7, 11) is 0. The largest absolute Gasteiger partial charge is 0.280 e. The average Bonchev–Trinajstić information content (AvgIpc) is 2.07. The second kappa shape index (κ2) is 4.58. The van der Waals surface area contributed by atoms with Gasteiger partial charge in [0.05, 0.1) is 0 Å². The molecule has 1 rings (SSSR count). The molecule has 3 nitrogen and oxygen atoms in total. The molecule has 1 aliphatic rings. The molecule has 0 spiro atoms. The van der Waals surface area contributed by atoms with Crippen LogP contribution < -0.4 is 0 Å². The van der Waals surface area contributed by atoms with Gasteiger partial charge in [0.25, 0.3) is 0 Å².